The van der Waals surface area contributed by atoms with E-state index in [9.17, 15) is 9.59 Å². The first-order chi connectivity index (χ1) is 7.47. The second kappa shape index (κ2) is 5.18. The minimum atomic E-state index is -1.15. The van der Waals surface area contributed by atoms with Gasteiger partial charge in [-0.05, 0) is 12.1 Å². The molecule has 0 fully saturated rings. The monoisotopic (exact) mass is 261 g/mol. The van der Waals surface area contributed by atoms with E-state index in [-0.39, 0.29) is 5.02 Å². The minimum Gasteiger partial charge on any atom is -0.479 e. The Kier molecular flexibility index (Phi) is 4.15. The molecule has 0 bridgehead atoms. The topological polar surface area (TPSA) is 57.6 Å². The average Bonchev–Trinajstić information content (AvgIpc) is 2.21. The van der Waals surface area contributed by atoms with E-state index in [2.05, 4.69) is 0 Å². The first-order valence-corrected chi connectivity index (χ1v) is 5.08. The molecule has 4 nitrogen and oxygen atoms in total. The Hall–Kier alpha value is -1.26. The summed E-state index contributed by atoms with van der Waals surface area (Å²) in [4.78, 5) is 22.7. The number of carboxylic acids is 1. The number of carbonyl (C=O) groups is 2. The fourth-order valence-corrected chi connectivity index (χ4v) is 1.82. The highest BCUT2D eigenvalue weighted by Gasteiger charge is 2.25. The van der Waals surface area contributed by atoms with E-state index < -0.39 is 12.0 Å². The first-order valence-electron chi connectivity index (χ1n) is 4.32. The van der Waals surface area contributed by atoms with Gasteiger partial charge in [0.1, 0.15) is 0 Å². The lowest BCUT2D eigenvalue weighted by molar-refractivity contribution is -0.145. The zero-order valence-electron chi connectivity index (χ0n) is 8.35. The average molecular weight is 262 g/mol. The molecule has 0 aromatic heterocycles. The van der Waals surface area contributed by atoms with E-state index in [4.69, 9.17) is 28.3 Å². The third kappa shape index (κ3) is 2.65. The number of carboxylic acid groups (broad SMARTS) is 1. The van der Waals surface area contributed by atoms with Gasteiger partial charge in [0.15, 0.2) is 6.04 Å². The summed E-state index contributed by atoms with van der Waals surface area (Å²) in [5.74, 6) is -1.15. The van der Waals surface area contributed by atoms with Gasteiger partial charge in [0, 0.05) is 22.7 Å². The van der Waals surface area contributed by atoms with Crippen molar-refractivity contribution in [3.05, 3.63) is 33.8 Å². The van der Waals surface area contributed by atoms with Crippen molar-refractivity contribution in [2.45, 2.75) is 6.04 Å². The normalized spacial score (nSPS) is 11.9. The van der Waals surface area contributed by atoms with Crippen LogP contribution in [-0.4, -0.2) is 29.4 Å². The van der Waals surface area contributed by atoms with Gasteiger partial charge in [-0.3, -0.25) is 4.79 Å². The van der Waals surface area contributed by atoms with E-state index in [1.54, 1.807) is 0 Å². The summed E-state index contributed by atoms with van der Waals surface area (Å²) < 4.78 is 0. The third-order valence-electron chi connectivity index (χ3n) is 2.06. The summed E-state index contributed by atoms with van der Waals surface area (Å²) >= 11 is 11.6. The third-order valence-corrected chi connectivity index (χ3v) is 2.63. The fourth-order valence-electron chi connectivity index (χ4n) is 1.31. The number of likely N-dealkylation sites (N-methyl/N-ethyl adjacent to an activating group) is 1. The quantitative estimate of drug-likeness (QED) is 0.846. The van der Waals surface area contributed by atoms with Crippen molar-refractivity contribution in [1.82, 2.24) is 4.90 Å². The highest BCUT2D eigenvalue weighted by atomic mass is 35.5. The van der Waals surface area contributed by atoms with E-state index in [1.807, 2.05) is 0 Å². The fraction of sp³-hybridized carbons (Fsp3) is 0.200. The van der Waals surface area contributed by atoms with E-state index in [1.165, 1.54) is 25.2 Å². The molecule has 86 valence electrons. The largest absolute Gasteiger partial charge is 0.479 e. The summed E-state index contributed by atoms with van der Waals surface area (Å²) in [5, 5.41) is 9.65. The van der Waals surface area contributed by atoms with Crippen LogP contribution in [0.2, 0.25) is 10.0 Å². The van der Waals surface area contributed by atoms with Gasteiger partial charge in [-0.25, -0.2) is 4.79 Å². The highest BCUT2D eigenvalue weighted by Crippen LogP contribution is 2.28. The van der Waals surface area contributed by atoms with Gasteiger partial charge in [-0.1, -0.05) is 29.3 Å². The smallest absolute Gasteiger partial charge is 0.331 e. The molecule has 0 spiro atoms. The first kappa shape index (κ1) is 12.8. The van der Waals surface area contributed by atoms with Crippen molar-refractivity contribution in [1.29, 1.82) is 0 Å². The Morgan fingerprint density at radius 3 is 2.56 bits per heavy atom. The van der Waals surface area contributed by atoms with Crippen LogP contribution in [0.4, 0.5) is 0 Å². The van der Waals surface area contributed by atoms with Crippen molar-refractivity contribution in [3.63, 3.8) is 0 Å². The molecule has 6 heteroatoms. The van der Waals surface area contributed by atoms with Crippen LogP contribution >= 0.6 is 23.2 Å². The SMILES string of the molecule is CN(C=O)C(C(=O)O)c1ccc(Cl)cc1Cl. The number of hydrogen-bond acceptors (Lipinski definition) is 2. The molecular weight excluding hydrogens is 253 g/mol. The van der Waals surface area contributed by atoms with Crippen LogP contribution in [0, 0.1) is 0 Å². The van der Waals surface area contributed by atoms with Crippen LogP contribution in [0.5, 0.6) is 0 Å². The van der Waals surface area contributed by atoms with Crippen LogP contribution in [0.15, 0.2) is 18.2 Å². The Morgan fingerprint density at radius 2 is 2.12 bits per heavy atom. The predicted octanol–water partition coefficient (Wildman–Crippen LogP) is 2.21. The molecule has 0 radical (unpaired) electrons. The maximum absolute atomic E-state index is 11.0. The molecule has 0 aliphatic carbocycles. The lowest BCUT2D eigenvalue weighted by atomic mass is 10.1. The lowest BCUT2D eigenvalue weighted by Crippen LogP contribution is -2.29. The van der Waals surface area contributed by atoms with Gasteiger partial charge in [0.25, 0.3) is 0 Å². The number of halogens is 2. The van der Waals surface area contributed by atoms with Gasteiger partial charge >= 0.3 is 5.97 Å². The second-order valence-corrected chi connectivity index (χ2v) is 4.02. The standard InChI is InChI=1S/C10H9Cl2NO3/c1-13(5-14)9(10(15)16)7-3-2-6(11)4-8(7)12/h2-5,9H,1H3,(H,15,16). The molecule has 1 amide bonds. The number of nitrogens with zero attached hydrogens (tertiary/aromatic N) is 1. The maximum atomic E-state index is 11.0. The predicted molar refractivity (Wildman–Crippen MR) is 60.7 cm³/mol. The Balaban J connectivity index is 3.21. The summed E-state index contributed by atoms with van der Waals surface area (Å²) in [6, 6.07) is 3.34. The van der Waals surface area contributed by atoms with Crippen LogP contribution in [0.25, 0.3) is 0 Å². The number of benzene rings is 1. The summed E-state index contributed by atoms with van der Waals surface area (Å²) in [5.41, 5.74) is 0.327. The van der Waals surface area contributed by atoms with Gasteiger partial charge in [-0.15, -0.1) is 0 Å². The molecule has 0 saturated carbocycles. The van der Waals surface area contributed by atoms with Crippen molar-refractivity contribution in [3.8, 4) is 0 Å². The molecule has 0 heterocycles. The number of aliphatic carboxylic acids is 1. The van der Waals surface area contributed by atoms with Crippen LogP contribution in [-0.2, 0) is 9.59 Å². The lowest BCUT2D eigenvalue weighted by Gasteiger charge is -2.21. The molecule has 1 N–H and O–H groups in total. The van der Waals surface area contributed by atoms with E-state index in [0.29, 0.717) is 17.0 Å². The van der Waals surface area contributed by atoms with Crippen LogP contribution < -0.4 is 0 Å². The molecule has 0 aliphatic heterocycles. The number of hydrogen-bond donors (Lipinski definition) is 1. The Morgan fingerprint density at radius 1 is 1.50 bits per heavy atom. The van der Waals surface area contributed by atoms with Crippen LogP contribution in [0.1, 0.15) is 11.6 Å². The maximum Gasteiger partial charge on any atom is 0.331 e. The molecule has 1 unspecified atom stereocenters. The summed E-state index contributed by atoms with van der Waals surface area (Å²) in [6.07, 6.45) is 0.434. The second-order valence-electron chi connectivity index (χ2n) is 3.18. The molecule has 1 atom stereocenters. The molecule has 1 aromatic carbocycles. The van der Waals surface area contributed by atoms with Crippen molar-refractivity contribution >= 4 is 35.6 Å². The van der Waals surface area contributed by atoms with Crippen LogP contribution in [0.3, 0.4) is 0 Å². The Labute approximate surface area is 102 Å². The molecule has 16 heavy (non-hydrogen) atoms. The molecule has 1 rings (SSSR count). The number of amides is 1. The summed E-state index contributed by atoms with van der Waals surface area (Å²) in [7, 11) is 1.37. The van der Waals surface area contributed by atoms with E-state index >= 15 is 0 Å². The van der Waals surface area contributed by atoms with Gasteiger partial charge in [-0.2, -0.15) is 0 Å². The minimum absolute atomic E-state index is 0.216. The van der Waals surface area contributed by atoms with Gasteiger partial charge < -0.3 is 10.0 Å². The van der Waals surface area contributed by atoms with E-state index in [0.717, 1.165) is 4.90 Å². The molecule has 0 saturated heterocycles. The van der Waals surface area contributed by atoms with Crippen molar-refractivity contribution in [2.75, 3.05) is 7.05 Å². The highest BCUT2D eigenvalue weighted by molar-refractivity contribution is 6.35. The van der Waals surface area contributed by atoms with Gasteiger partial charge in [0.05, 0.1) is 0 Å². The van der Waals surface area contributed by atoms with Gasteiger partial charge in [0.2, 0.25) is 6.41 Å². The molecular formula is C10H9Cl2NO3. The number of rotatable bonds is 4. The summed E-state index contributed by atoms with van der Waals surface area (Å²) in [6.45, 7) is 0. The van der Waals surface area contributed by atoms with Crippen molar-refractivity contribution in [2.24, 2.45) is 0 Å². The number of carbonyl (C=O) groups excluding carboxylic acids is 1. The zero-order valence-corrected chi connectivity index (χ0v) is 9.87. The molecule has 0 aliphatic rings. The zero-order chi connectivity index (χ0) is 12.3. The Bertz CT molecular complexity index is 423. The molecule has 1 aromatic rings. The van der Waals surface area contributed by atoms with Crippen molar-refractivity contribution < 1.29 is 14.7 Å².